The number of carboxylic acids is 2. The van der Waals surface area contributed by atoms with Gasteiger partial charge in [0, 0.05) is 0 Å². The summed E-state index contributed by atoms with van der Waals surface area (Å²) in [4.78, 5) is 22.4. The first kappa shape index (κ1) is 13.0. The van der Waals surface area contributed by atoms with E-state index in [1.54, 1.807) is 0 Å². The van der Waals surface area contributed by atoms with E-state index >= 15 is 0 Å². The number of carbonyl (C=O) groups is 2. The first-order chi connectivity index (χ1) is 7.52. The fraction of sp³-hybridized carbons (Fsp3) is 0.833. The third kappa shape index (κ3) is 2.36. The second kappa shape index (κ2) is 5.32. The van der Waals surface area contributed by atoms with Crippen molar-refractivity contribution >= 4 is 11.9 Å². The quantitative estimate of drug-likeness (QED) is 0.773. The summed E-state index contributed by atoms with van der Waals surface area (Å²) in [6, 6.07) is 0. The first-order valence-electron chi connectivity index (χ1n) is 5.98. The molecule has 92 valence electrons. The largest absolute Gasteiger partial charge is 0.481 e. The molecule has 1 saturated carbocycles. The number of hydrogen-bond acceptors (Lipinski definition) is 2. The van der Waals surface area contributed by atoms with Crippen molar-refractivity contribution in [3.8, 4) is 0 Å². The molecule has 1 aliphatic rings. The van der Waals surface area contributed by atoms with Gasteiger partial charge < -0.3 is 10.2 Å². The molecule has 0 bridgehead atoms. The van der Waals surface area contributed by atoms with E-state index in [1.807, 2.05) is 13.8 Å². The standard InChI is InChI=1S/C12H20O4/c1-3-7-5-6-9(11(13)14)8(4-2)10(7)12(15)16/h7-10H,3-6H2,1-2H3,(H,13,14)(H,15,16). The zero-order valence-corrected chi connectivity index (χ0v) is 9.85. The molecule has 0 aromatic carbocycles. The lowest BCUT2D eigenvalue weighted by Gasteiger charge is -2.38. The van der Waals surface area contributed by atoms with Gasteiger partial charge in [-0.2, -0.15) is 0 Å². The van der Waals surface area contributed by atoms with E-state index in [1.165, 1.54) is 0 Å². The van der Waals surface area contributed by atoms with Gasteiger partial charge in [0.25, 0.3) is 0 Å². The van der Waals surface area contributed by atoms with Crippen LogP contribution >= 0.6 is 0 Å². The van der Waals surface area contributed by atoms with Crippen molar-refractivity contribution in [2.24, 2.45) is 23.7 Å². The molecule has 16 heavy (non-hydrogen) atoms. The van der Waals surface area contributed by atoms with E-state index < -0.39 is 23.8 Å². The predicted molar refractivity (Wildman–Crippen MR) is 59.0 cm³/mol. The van der Waals surface area contributed by atoms with Crippen molar-refractivity contribution in [3.63, 3.8) is 0 Å². The third-order valence-electron chi connectivity index (χ3n) is 3.93. The summed E-state index contributed by atoms with van der Waals surface area (Å²) >= 11 is 0. The molecular formula is C12H20O4. The lowest BCUT2D eigenvalue weighted by molar-refractivity contribution is -0.155. The Bertz CT molecular complexity index is 274. The molecule has 0 aromatic rings. The zero-order valence-electron chi connectivity index (χ0n) is 9.85. The van der Waals surface area contributed by atoms with Gasteiger partial charge in [-0.1, -0.05) is 26.7 Å². The molecule has 1 fully saturated rings. The molecule has 1 rings (SSSR count). The van der Waals surface area contributed by atoms with Crippen LogP contribution in [-0.2, 0) is 9.59 Å². The molecule has 4 heteroatoms. The minimum absolute atomic E-state index is 0.137. The Hall–Kier alpha value is -1.06. The molecule has 0 aromatic heterocycles. The van der Waals surface area contributed by atoms with E-state index in [0.29, 0.717) is 12.8 Å². The summed E-state index contributed by atoms with van der Waals surface area (Å²) in [6.07, 6.45) is 2.79. The molecule has 4 nitrogen and oxygen atoms in total. The number of hydrogen-bond donors (Lipinski definition) is 2. The highest BCUT2D eigenvalue weighted by Gasteiger charge is 2.44. The summed E-state index contributed by atoms with van der Waals surface area (Å²) < 4.78 is 0. The second-order valence-electron chi connectivity index (χ2n) is 4.63. The van der Waals surface area contributed by atoms with Crippen LogP contribution in [0.15, 0.2) is 0 Å². The topological polar surface area (TPSA) is 74.6 Å². The van der Waals surface area contributed by atoms with Gasteiger partial charge in [-0.15, -0.1) is 0 Å². The maximum Gasteiger partial charge on any atom is 0.307 e. The van der Waals surface area contributed by atoms with E-state index in [9.17, 15) is 14.7 Å². The molecule has 0 saturated heterocycles. The van der Waals surface area contributed by atoms with Crippen molar-refractivity contribution < 1.29 is 19.8 Å². The van der Waals surface area contributed by atoms with Gasteiger partial charge in [-0.05, 0) is 24.7 Å². The van der Waals surface area contributed by atoms with Crippen molar-refractivity contribution in [3.05, 3.63) is 0 Å². The molecule has 0 radical (unpaired) electrons. The van der Waals surface area contributed by atoms with Gasteiger partial charge >= 0.3 is 11.9 Å². The highest BCUT2D eigenvalue weighted by Crippen LogP contribution is 2.42. The average molecular weight is 228 g/mol. The summed E-state index contributed by atoms with van der Waals surface area (Å²) in [7, 11) is 0. The van der Waals surface area contributed by atoms with Crippen LogP contribution in [0, 0.1) is 23.7 Å². The van der Waals surface area contributed by atoms with Gasteiger partial charge in [0.2, 0.25) is 0 Å². The monoisotopic (exact) mass is 228 g/mol. The van der Waals surface area contributed by atoms with Crippen LogP contribution in [0.25, 0.3) is 0 Å². The van der Waals surface area contributed by atoms with Crippen LogP contribution in [0.5, 0.6) is 0 Å². The normalized spacial score (nSPS) is 34.6. The van der Waals surface area contributed by atoms with E-state index in [2.05, 4.69) is 0 Å². The summed E-state index contributed by atoms with van der Waals surface area (Å²) in [5.41, 5.74) is 0. The molecule has 1 aliphatic carbocycles. The van der Waals surface area contributed by atoms with Crippen LogP contribution in [0.4, 0.5) is 0 Å². The van der Waals surface area contributed by atoms with Crippen molar-refractivity contribution in [1.82, 2.24) is 0 Å². The van der Waals surface area contributed by atoms with Crippen LogP contribution in [0.3, 0.4) is 0 Å². The maximum atomic E-state index is 11.3. The highest BCUT2D eigenvalue weighted by molar-refractivity contribution is 5.75. The lowest BCUT2D eigenvalue weighted by atomic mass is 9.65. The molecule has 4 unspecified atom stereocenters. The average Bonchev–Trinajstić information content (AvgIpc) is 2.26. The lowest BCUT2D eigenvalue weighted by Crippen LogP contribution is -2.42. The van der Waals surface area contributed by atoms with Crippen molar-refractivity contribution in [2.75, 3.05) is 0 Å². The Kier molecular flexibility index (Phi) is 4.33. The molecular weight excluding hydrogens is 208 g/mol. The fourth-order valence-corrected chi connectivity index (χ4v) is 3.08. The fourth-order valence-electron chi connectivity index (χ4n) is 3.08. The van der Waals surface area contributed by atoms with Crippen LogP contribution in [0.2, 0.25) is 0 Å². The number of carboxylic acid groups (broad SMARTS) is 2. The van der Waals surface area contributed by atoms with E-state index in [4.69, 9.17) is 5.11 Å². The molecule has 0 heterocycles. The molecule has 4 atom stereocenters. The third-order valence-corrected chi connectivity index (χ3v) is 3.93. The highest BCUT2D eigenvalue weighted by atomic mass is 16.4. The minimum Gasteiger partial charge on any atom is -0.481 e. The van der Waals surface area contributed by atoms with Crippen LogP contribution in [0.1, 0.15) is 39.5 Å². The smallest absolute Gasteiger partial charge is 0.307 e. The SMILES string of the molecule is CCC1CCC(C(=O)O)C(CC)C1C(=O)O. The van der Waals surface area contributed by atoms with Gasteiger partial charge in [0.05, 0.1) is 11.8 Å². The summed E-state index contributed by atoms with van der Waals surface area (Å²) in [6.45, 7) is 3.86. The Morgan fingerprint density at radius 1 is 1.06 bits per heavy atom. The van der Waals surface area contributed by atoms with Crippen molar-refractivity contribution in [2.45, 2.75) is 39.5 Å². The van der Waals surface area contributed by atoms with Crippen molar-refractivity contribution in [1.29, 1.82) is 0 Å². The summed E-state index contributed by atoms with van der Waals surface area (Å²) in [5.74, 6) is -2.71. The van der Waals surface area contributed by atoms with Gasteiger partial charge in [-0.3, -0.25) is 9.59 Å². The Balaban J connectivity index is 2.93. The Morgan fingerprint density at radius 3 is 2.06 bits per heavy atom. The van der Waals surface area contributed by atoms with Crippen LogP contribution < -0.4 is 0 Å². The molecule has 0 amide bonds. The summed E-state index contributed by atoms with van der Waals surface area (Å²) in [5, 5.41) is 18.4. The number of rotatable bonds is 4. The number of aliphatic carboxylic acids is 2. The molecule has 2 N–H and O–H groups in total. The minimum atomic E-state index is -0.840. The molecule has 0 spiro atoms. The predicted octanol–water partition coefficient (Wildman–Crippen LogP) is 2.23. The Labute approximate surface area is 95.7 Å². The molecule has 0 aliphatic heterocycles. The van der Waals surface area contributed by atoms with Crippen LogP contribution in [-0.4, -0.2) is 22.2 Å². The van der Waals surface area contributed by atoms with Gasteiger partial charge in [0.1, 0.15) is 0 Å². The zero-order chi connectivity index (χ0) is 12.3. The second-order valence-corrected chi connectivity index (χ2v) is 4.63. The van der Waals surface area contributed by atoms with Gasteiger partial charge in [0.15, 0.2) is 0 Å². The maximum absolute atomic E-state index is 11.3. The van der Waals surface area contributed by atoms with E-state index in [0.717, 1.165) is 12.8 Å². The Morgan fingerprint density at radius 2 is 1.69 bits per heavy atom. The van der Waals surface area contributed by atoms with Gasteiger partial charge in [-0.25, -0.2) is 0 Å². The van der Waals surface area contributed by atoms with E-state index in [-0.39, 0.29) is 11.8 Å². The first-order valence-corrected chi connectivity index (χ1v) is 5.98.